The van der Waals surface area contributed by atoms with Crippen LogP contribution in [0.3, 0.4) is 0 Å². The summed E-state index contributed by atoms with van der Waals surface area (Å²) in [5.74, 6) is 1.15. The second kappa shape index (κ2) is 14.1. The van der Waals surface area contributed by atoms with Crippen LogP contribution in [-0.4, -0.2) is 35.1 Å². The number of halogens is 1. The lowest BCUT2D eigenvalue weighted by molar-refractivity contribution is -0.139. The van der Waals surface area contributed by atoms with E-state index in [9.17, 15) is 9.59 Å². The Morgan fingerprint density at radius 1 is 0.917 bits per heavy atom. The van der Waals surface area contributed by atoms with Crippen molar-refractivity contribution in [2.75, 3.05) is 12.3 Å². The Hall–Kier alpha value is -2.76. The van der Waals surface area contributed by atoms with Crippen LogP contribution in [0, 0.1) is 12.8 Å². The van der Waals surface area contributed by atoms with Crippen molar-refractivity contribution >= 4 is 35.2 Å². The van der Waals surface area contributed by atoms with Crippen LogP contribution in [0.5, 0.6) is 0 Å². The van der Waals surface area contributed by atoms with Gasteiger partial charge in [0.05, 0.1) is 5.75 Å². The van der Waals surface area contributed by atoms with Gasteiger partial charge in [-0.1, -0.05) is 92.2 Å². The normalized spacial score (nSPS) is 11.8. The summed E-state index contributed by atoms with van der Waals surface area (Å²) in [6.07, 6.45) is 0.463. The van der Waals surface area contributed by atoms with Crippen molar-refractivity contribution < 1.29 is 9.59 Å². The Bertz CT molecular complexity index is 1120. The van der Waals surface area contributed by atoms with E-state index in [0.717, 1.165) is 22.3 Å². The average Bonchev–Trinajstić information content (AvgIpc) is 2.87. The first-order valence-electron chi connectivity index (χ1n) is 12.3. The standard InChI is InChI=1S/C30H35ClN2O2S/c1-22(2)18-32-30(35)28(17-24-10-5-4-6-11-24)33(19-26-12-8-7-9-23(26)3)29(34)21-36-20-25-13-15-27(31)16-14-25/h4-16,22,28H,17-21H2,1-3H3,(H,32,35). The van der Waals surface area contributed by atoms with Gasteiger partial charge in [0.1, 0.15) is 6.04 Å². The van der Waals surface area contributed by atoms with Gasteiger partial charge in [0.15, 0.2) is 0 Å². The van der Waals surface area contributed by atoms with Crippen molar-refractivity contribution in [3.63, 3.8) is 0 Å². The van der Waals surface area contributed by atoms with E-state index in [1.54, 1.807) is 16.7 Å². The molecule has 0 aliphatic rings. The van der Waals surface area contributed by atoms with Gasteiger partial charge >= 0.3 is 0 Å². The molecule has 1 N–H and O–H groups in total. The van der Waals surface area contributed by atoms with Gasteiger partial charge in [0, 0.05) is 30.3 Å². The zero-order valence-corrected chi connectivity index (χ0v) is 22.8. The highest BCUT2D eigenvalue weighted by molar-refractivity contribution is 7.99. The van der Waals surface area contributed by atoms with Crippen molar-refractivity contribution in [2.45, 2.75) is 45.5 Å². The van der Waals surface area contributed by atoms with E-state index in [2.05, 4.69) is 19.2 Å². The molecule has 0 radical (unpaired) electrons. The molecule has 1 atom stereocenters. The largest absolute Gasteiger partial charge is 0.354 e. The molecule has 0 spiro atoms. The smallest absolute Gasteiger partial charge is 0.243 e. The molecule has 0 bridgehead atoms. The van der Waals surface area contributed by atoms with Crippen molar-refractivity contribution in [1.82, 2.24) is 10.2 Å². The maximum Gasteiger partial charge on any atom is 0.243 e. The molecular formula is C30H35ClN2O2S. The summed E-state index contributed by atoms with van der Waals surface area (Å²) < 4.78 is 0. The summed E-state index contributed by atoms with van der Waals surface area (Å²) in [4.78, 5) is 28.9. The highest BCUT2D eigenvalue weighted by Gasteiger charge is 2.30. The number of benzene rings is 3. The van der Waals surface area contributed by atoms with Crippen LogP contribution in [0.1, 0.15) is 36.1 Å². The van der Waals surface area contributed by atoms with Gasteiger partial charge in [-0.2, -0.15) is 0 Å². The van der Waals surface area contributed by atoms with E-state index in [-0.39, 0.29) is 17.6 Å². The Morgan fingerprint density at radius 3 is 2.25 bits per heavy atom. The second-order valence-electron chi connectivity index (χ2n) is 9.41. The number of nitrogens with zero attached hydrogens (tertiary/aromatic N) is 1. The van der Waals surface area contributed by atoms with E-state index in [1.165, 1.54) is 0 Å². The number of hydrogen-bond donors (Lipinski definition) is 1. The summed E-state index contributed by atoms with van der Waals surface area (Å²) in [6.45, 7) is 7.13. The molecule has 0 aliphatic carbocycles. The van der Waals surface area contributed by atoms with Gasteiger partial charge in [-0.05, 0) is 47.2 Å². The molecule has 0 saturated heterocycles. The van der Waals surface area contributed by atoms with Crippen molar-refractivity contribution in [2.24, 2.45) is 5.92 Å². The number of hydrogen-bond acceptors (Lipinski definition) is 3. The topological polar surface area (TPSA) is 49.4 Å². The number of carbonyl (C=O) groups is 2. The quantitative estimate of drug-likeness (QED) is 0.304. The molecule has 4 nitrogen and oxygen atoms in total. The minimum atomic E-state index is -0.602. The van der Waals surface area contributed by atoms with E-state index in [0.29, 0.717) is 36.2 Å². The van der Waals surface area contributed by atoms with Crippen molar-refractivity contribution in [3.8, 4) is 0 Å². The van der Waals surface area contributed by atoms with E-state index >= 15 is 0 Å². The van der Waals surface area contributed by atoms with Crippen LogP contribution in [0.2, 0.25) is 5.02 Å². The number of nitrogens with one attached hydrogen (secondary N) is 1. The van der Waals surface area contributed by atoms with Crippen LogP contribution in [0.25, 0.3) is 0 Å². The highest BCUT2D eigenvalue weighted by atomic mass is 35.5. The summed E-state index contributed by atoms with van der Waals surface area (Å²) in [5, 5.41) is 3.77. The molecule has 0 aromatic heterocycles. The molecule has 36 heavy (non-hydrogen) atoms. The molecule has 1 unspecified atom stereocenters. The third-order valence-corrected chi connectivity index (χ3v) is 7.21. The fourth-order valence-corrected chi connectivity index (χ4v) is 4.86. The van der Waals surface area contributed by atoms with E-state index in [1.807, 2.05) is 85.8 Å². The lowest BCUT2D eigenvalue weighted by Gasteiger charge is -2.32. The molecule has 0 fully saturated rings. The lowest BCUT2D eigenvalue weighted by atomic mass is 10.0. The van der Waals surface area contributed by atoms with Gasteiger partial charge in [0.2, 0.25) is 11.8 Å². The Kier molecular flexibility index (Phi) is 10.9. The lowest BCUT2D eigenvalue weighted by Crippen LogP contribution is -2.51. The molecule has 0 saturated carbocycles. The van der Waals surface area contributed by atoms with Crippen LogP contribution in [-0.2, 0) is 28.3 Å². The maximum atomic E-state index is 13.7. The highest BCUT2D eigenvalue weighted by Crippen LogP contribution is 2.20. The molecule has 3 rings (SSSR count). The zero-order chi connectivity index (χ0) is 25.9. The number of thioether (sulfide) groups is 1. The monoisotopic (exact) mass is 522 g/mol. The summed E-state index contributed by atoms with van der Waals surface area (Å²) in [5.41, 5.74) is 4.28. The Balaban J connectivity index is 1.84. The van der Waals surface area contributed by atoms with Gasteiger partial charge in [-0.15, -0.1) is 11.8 Å². The van der Waals surface area contributed by atoms with E-state index < -0.39 is 6.04 Å². The number of rotatable bonds is 12. The SMILES string of the molecule is Cc1ccccc1CN(C(=O)CSCc1ccc(Cl)cc1)C(Cc1ccccc1)C(=O)NCC(C)C. The first-order chi connectivity index (χ1) is 17.3. The molecule has 3 aromatic carbocycles. The minimum absolute atomic E-state index is 0.0437. The van der Waals surface area contributed by atoms with Crippen molar-refractivity contribution in [1.29, 1.82) is 0 Å². The third kappa shape index (κ3) is 8.72. The number of amides is 2. The zero-order valence-electron chi connectivity index (χ0n) is 21.2. The van der Waals surface area contributed by atoms with Crippen LogP contribution in [0.4, 0.5) is 0 Å². The van der Waals surface area contributed by atoms with Crippen LogP contribution < -0.4 is 5.32 Å². The van der Waals surface area contributed by atoms with Gasteiger partial charge < -0.3 is 10.2 Å². The molecule has 190 valence electrons. The van der Waals surface area contributed by atoms with Gasteiger partial charge in [-0.25, -0.2) is 0 Å². The number of aryl methyl sites for hydroxylation is 1. The fraction of sp³-hybridized carbons (Fsp3) is 0.333. The predicted octanol–water partition coefficient (Wildman–Crippen LogP) is 6.29. The second-order valence-corrected chi connectivity index (χ2v) is 10.8. The Morgan fingerprint density at radius 2 is 1.58 bits per heavy atom. The predicted molar refractivity (Wildman–Crippen MR) is 151 cm³/mol. The molecular weight excluding hydrogens is 488 g/mol. The first-order valence-corrected chi connectivity index (χ1v) is 13.8. The molecule has 0 aliphatic heterocycles. The van der Waals surface area contributed by atoms with Gasteiger partial charge in [0.25, 0.3) is 0 Å². The summed E-state index contributed by atoms with van der Waals surface area (Å²) >= 11 is 7.55. The van der Waals surface area contributed by atoms with Crippen LogP contribution in [0.15, 0.2) is 78.9 Å². The average molecular weight is 523 g/mol. The summed E-state index contributed by atoms with van der Waals surface area (Å²) in [6, 6.07) is 25.0. The molecule has 0 heterocycles. The van der Waals surface area contributed by atoms with Crippen LogP contribution >= 0.6 is 23.4 Å². The van der Waals surface area contributed by atoms with Crippen molar-refractivity contribution in [3.05, 3.63) is 106 Å². The fourth-order valence-electron chi connectivity index (χ4n) is 3.87. The molecule has 6 heteroatoms. The molecule has 2 amide bonds. The van der Waals surface area contributed by atoms with E-state index in [4.69, 9.17) is 11.6 Å². The third-order valence-electron chi connectivity index (χ3n) is 5.97. The Labute approximate surface area is 224 Å². The summed E-state index contributed by atoms with van der Waals surface area (Å²) in [7, 11) is 0. The first kappa shape index (κ1) is 27.8. The van der Waals surface area contributed by atoms with Gasteiger partial charge in [-0.3, -0.25) is 9.59 Å². The number of carbonyl (C=O) groups excluding carboxylic acids is 2. The minimum Gasteiger partial charge on any atom is -0.354 e. The molecule has 3 aromatic rings. The maximum absolute atomic E-state index is 13.7.